The van der Waals surface area contributed by atoms with Crippen molar-refractivity contribution in [2.45, 2.75) is 6.92 Å². The van der Waals surface area contributed by atoms with Crippen LogP contribution < -0.4 is 5.30 Å². The summed E-state index contributed by atoms with van der Waals surface area (Å²) in [6, 6.07) is 8.92. The van der Waals surface area contributed by atoms with E-state index in [4.69, 9.17) is 4.52 Å². The number of benzene rings is 1. The zero-order valence-electron chi connectivity index (χ0n) is 10.7. The van der Waals surface area contributed by atoms with Gasteiger partial charge in [0.25, 0.3) is 0 Å². The molecular weight excluding hydrogens is 295 g/mol. The first kappa shape index (κ1) is 13.5. The molecule has 5 nitrogen and oxygen atoms in total. The molecule has 0 aliphatic rings. The van der Waals surface area contributed by atoms with Crippen molar-refractivity contribution in [3.63, 3.8) is 0 Å². The van der Waals surface area contributed by atoms with E-state index in [1.807, 2.05) is 17.5 Å². The van der Waals surface area contributed by atoms with E-state index in [1.54, 1.807) is 36.5 Å². The van der Waals surface area contributed by atoms with Crippen LogP contribution in [0.2, 0.25) is 0 Å². The normalized spacial score (nSPS) is 14.5. The Morgan fingerprint density at radius 3 is 3.00 bits per heavy atom. The van der Waals surface area contributed by atoms with Crippen LogP contribution in [-0.2, 0) is 9.09 Å². The van der Waals surface area contributed by atoms with Crippen LogP contribution in [0.1, 0.15) is 6.92 Å². The van der Waals surface area contributed by atoms with Crippen LogP contribution in [0.3, 0.4) is 0 Å². The smallest absolute Gasteiger partial charge is 0.321 e. The van der Waals surface area contributed by atoms with Gasteiger partial charge in [0.1, 0.15) is 5.69 Å². The fourth-order valence-electron chi connectivity index (χ4n) is 2.03. The van der Waals surface area contributed by atoms with Crippen molar-refractivity contribution in [1.29, 1.82) is 0 Å². The Morgan fingerprint density at radius 1 is 1.45 bits per heavy atom. The monoisotopic (exact) mass is 308 g/mol. The Kier molecular flexibility index (Phi) is 3.48. The summed E-state index contributed by atoms with van der Waals surface area (Å²) in [7, 11) is -3.76. The zero-order valence-corrected chi connectivity index (χ0v) is 12.4. The number of H-pyrrole nitrogens is 1. The molecule has 3 rings (SSSR count). The number of aromatic amines is 1. The molecule has 1 atom stereocenters. The minimum absolute atomic E-state index is 0.189. The molecule has 7 heteroatoms. The molecule has 20 heavy (non-hydrogen) atoms. The molecular formula is C13H13N2O3PS. The fraction of sp³-hybridized carbons (Fsp3) is 0.154. The van der Waals surface area contributed by atoms with E-state index < -0.39 is 7.60 Å². The Balaban J connectivity index is 2.15. The van der Waals surface area contributed by atoms with Crippen molar-refractivity contribution < 1.29 is 14.0 Å². The van der Waals surface area contributed by atoms with Crippen molar-refractivity contribution in [3.8, 4) is 10.6 Å². The average molecular weight is 308 g/mol. The Hall–Kier alpha value is -1.46. The predicted molar refractivity (Wildman–Crippen MR) is 80.5 cm³/mol. The fourth-order valence-corrected chi connectivity index (χ4v) is 3.81. The van der Waals surface area contributed by atoms with Gasteiger partial charge >= 0.3 is 7.60 Å². The summed E-state index contributed by atoms with van der Waals surface area (Å²) < 4.78 is 17.0. The van der Waals surface area contributed by atoms with E-state index >= 15 is 0 Å². The van der Waals surface area contributed by atoms with Gasteiger partial charge in [-0.1, -0.05) is 6.07 Å². The molecule has 0 saturated carbocycles. The van der Waals surface area contributed by atoms with Crippen molar-refractivity contribution in [1.82, 2.24) is 10.2 Å². The van der Waals surface area contributed by atoms with Crippen LogP contribution in [0.4, 0.5) is 0 Å². The number of fused-ring (bicyclic) bond motifs is 1. The number of hydrogen-bond donors (Lipinski definition) is 2. The van der Waals surface area contributed by atoms with Crippen LogP contribution in [0.5, 0.6) is 0 Å². The molecule has 0 aliphatic carbocycles. The minimum Gasteiger partial charge on any atom is -0.321 e. The third-order valence-corrected chi connectivity index (χ3v) is 5.35. The predicted octanol–water partition coefficient (Wildman–Crippen LogP) is 3.14. The summed E-state index contributed by atoms with van der Waals surface area (Å²) in [5.74, 6) is 0. The Morgan fingerprint density at radius 2 is 2.30 bits per heavy atom. The molecule has 2 aromatic heterocycles. The molecule has 0 spiro atoms. The maximum atomic E-state index is 12.1. The summed E-state index contributed by atoms with van der Waals surface area (Å²) in [6.45, 7) is 1.88. The molecule has 104 valence electrons. The van der Waals surface area contributed by atoms with Gasteiger partial charge in [0.2, 0.25) is 0 Å². The van der Waals surface area contributed by atoms with E-state index in [1.165, 1.54) is 0 Å². The number of nitrogens with one attached hydrogen (secondary N) is 1. The third-order valence-electron chi connectivity index (χ3n) is 2.93. The van der Waals surface area contributed by atoms with Gasteiger partial charge in [-0.3, -0.25) is 9.66 Å². The van der Waals surface area contributed by atoms with Gasteiger partial charge in [0.15, 0.2) is 0 Å². The molecule has 0 bridgehead atoms. The largest absolute Gasteiger partial charge is 0.358 e. The average Bonchev–Trinajstić information content (AvgIpc) is 3.06. The maximum Gasteiger partial charge on any atom is 0.358 e. The summed E-state index contributed by atoms with van der Waals surface area (Å²) in [5, 5.41) is 10.3. The molecule has 0 saturated heterocycles. The van der Waals surface area contributed by atoms with Gasteiger partial charge in [0.05, 0.1) is 22.3 Å². The minimum atomic E-state index is -3.76. The van der Waals surface area contributed by atoms with E-state index in [9.17, 15) is 9.46 Å². The van der Waals surface area contributed by atoms with Gasteiger partial charge < -0.3 is 9.42 Å². The first-order valence-electron chi connectivity index (χ1n) is 6.11. The highest BCUT2D eigenvalue weighted by Crippen LogP contribution is 2.41. The summed E-state index contributed by atoms with van der Waals surface area (Å²) in [6.07, 6.45) is 0. The van der Waals surface area contributed by atoms with Gasteiger partial charge in [-0.2, -0.15) is 5.10 Å². The van der Waals surface area contributed by atoms with Gasteiger partial charge in [0, 0.05) is 5.39 Å². The number of aromatic nitrogens is 2. The number of nitrogens with zero attached hydrogens (tertiary/aromatic N) is 1. The molecule has 2 N–H and O–H groups in total. The highest BCUT2D eigenvalue weighted by Gasteiger charge is 2.23. The topological polar surface area (TPSA) is 75.2 Å². The standard InChI is InChI=1S/C13H13N2O3PS/c1-2-18-19(16,17)9-5-6-11-10(8-9)13(15-14-11)12-4-3-7-20-12/h3-8H,2H2,1H3,(H,14,15)(H,16,17). The Labute approximate surface area is 119 Å². The molecule has 1 unspecified atom stereocenters. The van der Waals surface area contributed by atoms with E-state index in [-0.39, 0.29) is 11.9 Å². The van der Waals surface area contributed by atoms with E-state index in [0.29, 0.717) is 0 Å². The second kappa shape index (κ2) is 5.14. The van der Waals surface area contributed by atoms with Crippen LogP contribution in [0.25, 0.3) is 21.5 Å². The van der Waals surface area contributed by atoms with Crippen molar-refractivity contribution in [2.75, 3.05) is 6.61 Å². The van der Waals surface area contributed by atoms with Crippen LogP contribution in [-0.4, -0.2) is 21.7 Å². The summed E-state index contributed by atoms with van der Waals surface area (Å²) in [5.41, 5.74) is 1.61. The lowest BCUT2D eigenvalue weighted by atomic mass is 10.2. The summed E-state index contributed by atoms with van der Waals surface area (Å²) >= 11 is 1.57. The van der Waals surface area contributed by atoms with Gasteiger partial charge in [-0.05, 0) is 36.6 Å². The quantitative estimate of drug-likeness (QED) is 0.726. The molecule has 0 radical (unpaired) electrons. The second-order valence-corrected chi connectivity index (χ2v) is 6.98. The first-order chi connectivity index (χ1) is 9.62. The molecule has 0 amide bonds. The van der Waals surface area contributed by atoms with Gasteiger partial charge in [-0.15, -0.1) is 11.3 Å². The van der Waals surface area contributed by atoms with E-state index in [0.717, 1.165) is 21.5 Å². The van der Waals surface area contributed by atoms with Crippen molar-refractivity contribution >= 4 is 35.1 Å². The highest BCUT2D eigenvalue weighted by atomic mass is 32.1. The highest BCUT2D eigenvalue weighted by molar-refractivity contribution is 7.61. The van der Waals surface area contributed by atoms with E-state index in [2.05, 4.69) is 10.2 Å². The van der Waals surface area contributed by atoms with Crippen LogP contribution in [0, 0.1) is 0 Å². The lowest BCUT2D eigenvalue weighted by Gasteiger charge is -2.10. The van der Waals surface area contributed by atoms with Gasteiger partial charge in [-0.25, -0.2) is 0 Å². The third kappa shape index (κ3) is 2.31. The Bertz CT molecular complexity index is 782. The molecule has 2 heterocycles. The SMILES string of the molecule is CCOP(=O)(O)c1ccc2[nH]nc(-c3cccs3)c2c1. The number of rotatable bonds is 4. The summed E-state index contributed by atoms with van der Waals surface area (Å²) in [4.78, 5) is 10.9. The van der Waals surface area contributed by atoms with Crippen LogP contribution >= 0.6 is 18.9 Å². The van der Waals surface area contributed by atoms with Crippen molar-refractivity contribution in [3.05, 3.63) is 35.7 Å². The molecule has 1 aromatic carbocycles. The molecule has 0 fully saturated rings. The number of hydrogen-bond acceptors (Lipinski definition) is 4. The van der Waals surface area contributed by atoms with Crippen molar-refractivity contribution in [2.24, 2.45) is 0 Å². The van der Waals surface area contributed by atoms with Crippen LogP contribution in [0.15, 0.2) is 35.7 Å². The first-order valence-corrected chi connectivity index (χ1v) is 8.57. The molecule has 3 aromatic rings. The second-order valence-electron chi connectivity index (χ2n) is 4.22. The maximum absolute atomic E-state index is 12.1. The lowest BCUT2D eigenvalue weighted by Crippen LogP contribution is -2.06. The lowest BCUT2D eigenvalue weighted by molar-refractivity contribution is 0.284. The molecule has 0 aliphatic heterocycles. The zero-order chi connectivity index (χ0) is 14.2. The number of thiophene rings is 1.